The van der Waals surface area contributed by atoms with Gasteiger partial charge in [-0.25, -0.2) is 0 Å². The standard InChI is InChI=1S/C18H18O5/c1-20-12-6-4-11(5-7-12)15-10-14(19)18-16(22-3)8-13(21-2)9-17(18)23-15/h4-9,15H,10H2,1-3H3. The number of carbonyl (C=O) groups is 1. The molecule has 0 amide bonds. The molecular formula is C18H18O5. The summed E-state index contributed by atoms with van der Waals surface area (Å²) in [4.78, 5) is 12.5. The second kappa shape index (κ2) is 6.20. The second-order valence-electron chi connectivity index (χ2n) is 5.21. The number of carbonyl (C=O) groups excluding carboxylic acids is 1. The first-order chi connectivity index (χ1) is 11.2. The van der Waals surface area contributed by atoms with Gasteiger partial charge in [-0.3, -0.25) is 4.79 Å². The minimum Gasteiger partial charge on any atom is -0.497 e. The number of benzene rings is 2. The van der Waals surface area contributed by atoms with Crippen LogP contribution in [0.1, 0.15) is 28.4 Å². The van der Waals surface area contributed by atoms with Gasteiger partial charge in [0, 0.05) is 12.1 Å². The van der Waals surface area contributed by atoms with Crippen LogP contribution in [0.25, 0.3) is 0 Å². The molecule has 0 N–H and O–H groups in total. The van der Waals surface area contributed by atoms with E-state index in [9.17, 15) is 4.79 Å². The molecule has 0 fully saturated rings. The summed E-state index contributed by atoms with van der Waals surface area (Å²) >= 11 is 0. The van der Waals surface area contributed by atoms with Crippen molar-refractivity contribution in [2.45, 2.75) is 12.5 Å². The molecule has 0 saturated carbocycles. The zero-order chi connectivity index (χ0) is 16.4. The molecule has 1 unspecified atom stereocenters. The van der Waals surface area contributed by atoms with Crippen LogP contribution in [-0.4, -0.2) is 27.1 Å². The van der Waals surface area contributed by atoms with Gasteiger partial charge >= 0.3 is 0 Å². The van der Waals surface area contributed by atoms with Gasteiger partial charge < -0.3 is 18.9 Å². The Kier molecular flexibility index (Phi) is 4.10. The maximum Gasteiger partial charge on any atom is 0.174 e. The van der Waals surface area contributed by atoms with E-state index < -0.39 is 0 Å². The summed E-state index contributed by atoms with van der Waals surface area (Å²) in [5, 5.41) is 0. The van der Waals surface area contributed by atoms with Gasteiger partial charge in [-0.15, -0.1) is 0 Å². The monoisotopic (exact) mass is 314 g/mol. The fourth-order valence-corrected chi connectivity index (χ4v) is 2.68. The molecule has 1 heterocycles. The lowest BCUT2D eigenvalue weighted by molar-refractivity contribution is 0.0844. The van der Waals surface area contributed by atoms with E-state index in [0.29, 0.717) is 22.8 Å². The Bertz CT molecular complexity index is 721. The molecule has 2 aromatic rings. The molecule has 1 aliphatic rings. The first kappa shape index (κ1) is 15.2. The predicted octanol–water partition coefficient (Wildman–Crippen LogP) is 3.42. The zero-order valence-corrected chi connectivity index (χ0v) is 13.3. The molecule has 5 heteroatoms. The van der Waals surface area contributed by atoms with Gasteiger partial charge in [0.2, 0.25) is 0 Å². The maximum absolute atomic E-state index is 12.5. The number of ketones is 1. The van der Waals surface area contributed by atoms with Gasteiger partial charge in [-0.1, -0.05) is 12.1 Å². The van der Waals surface area contributed by atoms with E-state index in [1.807, 2.05) is 24.3 Å². The van der Waals surface area contributed by atoms with E-state index in [1.54, 1.807) is 26.4 Å². The van der Waals surface area contributed by atoms with Gasteiger partial charge in [0.15, 0.2) is 5.78 Å². The van der Waals surface area contributed by atoms with Crippen LogP contribution in [0.5, 0.6) is 23.0 Å². The Morgan fingerprint density at radius 3 is 2.26 bits per heavy atom. The van der Waals surface area contributed by atoms with Crippen molar-refractivity contribution in [3.05, 3.63) is 47.5 Å². The SMILES string of the molecule is COc1ccc(C2CC(=O)c3c(OC)cc(OC)cc3O2)cc1. The first-order valence-corrected chi connectivity index (χ1v) is 7.26. The Morgan fingerprint density at radius 1 is 0.957 bits per heavy atom. The molecule has 0 aromatic heterocycles. The maximum atomic E-state index is 12.5. The summed E-state index contributed by atoms with van der Waals surface area (Å²) in [5.74, 6) is 2.30. The van der Waals surface area contributed by atoms with Crippen LogP contribution in [0, 0.1) is 0 Å². The minimum atomic E-state index is -0.335. The Balaban J connectivity index is 1.97. The van der Waals surface area contributed by atoms with E-state index in [1.165, 1.54) is 7.11 Å². The topological polar surface area (TPSA) is 54.0 Å². The zero-order valence-electron chi connectivity index (χ0n) is 13.3. The van der Waals surface area contributed by atoms with E-state index in [4.69, 9.17) is 18.9 Å². The van der Waals surface area contributed by atoms with Crippen molar-refractivity contribution in [1.29, 1.82) is 0 Å². The molecule has 120 valence electrons. The Morgan fingerprint density at radius 2 is 1.65 bits per heavy atom. The highest BCUT2D eigenvalue weighted by Crippen LogP contribution is 2.42. The smallest absolute Gasteiger partial charge is 0.174 e. The van der Waals surface area contributed by atoms with Crippen molar-refractivity contribution in [3.8, 4) is 23.0 Å². The molecule has 2 aromatic carbocycles. The van der Waals surface area contributed by atoms with E-state index >= 15 is 0 Å². The largest absolute Gasteiger partial charge is 0.497 e. The third kappa shape index (κ3) is 2.82. The normalized spacial score (nSPS) is 16.3. The second-order valence-corrected chi connectivity index (χ2v) is 5.21. The van der Waals surface area contributed by atoms with Crippen molar-refractivity contribution in [2.24, 2.45) is 0 Å². The van der Waals surface area contributed by atoms with Crippen molar-refractivity contribution in [2.75, 3.05) is 21.3 Å². The van der Waals surface area contributed by atoms with Crippen molar-refractivity contribution >= 4 is 5.78 Å². The van der Waals surface area contributed by atoms with Crippen molar-refractivity contribution < 1.29 is 23.7 Å². The average Bonchev–Trinajstić information content (AvgIpc) is 2.60. The fraction of sp³-hybridized carbons (Fsp3) is 0.278. The van der Waals surface area contributed by atoms with Crippen LogP contribution >= 0.6 is 0 Å². The number of hydrogen-bond donors (Lipinski definition) is 0. The lowest BCUT2D eigenvalue weighted by atomic mass is 9.95. The number of rotatable bonds is 4. The van der Waals surface area contributed by atoms with Crippen LogP contribution < -0.4 is 18.9 Å². The summed E-state index contributed by atoms with van der Waals surface area (Å²) in [5.41, 5.74) is 1.39. The molecule has 0 bridgehead atoms. The number of hydrogen-bond acceptors (Lipinski definition) is 5. The third-order valence-electron chi connectivity index (χ3n) is 3.90. The summed E-state index contributed by atoms with van der Waals surface area (Å²) in [6, 6.07) is 10.9. The van der Waals surface area contributed by atoms with E-state index in [0.717, 1.165) is 11.3 Å². The first-order valence-electron chi connectivity index (χ1n) is 7.26. The van der Waals surface area contributed by atoms with Crippen LogP contribution in [0.3, 0.4) is 0 Å². The summed E-state index contributed by atoms with van der Waals surface area (Å²) in [6.45, 7) is 0. The Labute approximate surface area is 134 Å². The summed E-state index contributed by atoms with van der Waals surface area (Å²) < 4.78 is 21.7. The quantitative estimate of drug-likeness (QED) is 0.865. The number of ether oxygens (including phenoxy) is 4. The molecule has 0 saturated heterocycles. The average molecular weight is 314 g/mol. The van der Waals surface area contributed by atoms with Crippen molar-refractivity contribution in [3.63, 3.8) is 0 Å². The number of methoxy groups -OCH3 is 3. The molecule has 1 atom stereocenters. The van der Waals surface area contributed by atoms with E-state index in [2.05, 4.69) is 0 Å². The third-order valence-corrected chi connectivity index (χ3v) is 3.90. The van der Waals surface area contributed by atoms with Gasteiger partial charge in [-0.2, -0.15) is 0 Å². The molecular weight excluding hydrogens is 296 g/mol. The fourth-order valence-electron chi connectivity index (χ4n) is 2.68. The van der Waals surface area contributed by atoms with E-state index in [-0.39, 0.29) is 18.3 Å². The minimum absolute atomic E-state index is 0.00780. The van der Waals surface area contributed by atoms with Crippen LogP contribution in [0.15, 0.2) is 36.4 Å². The lowest BCUT2D eigenvalue weighted by Crippen LogP contribution is -2.21. The molecule has 3 rings (SSSR count). The molecule has 0 radical (unpaired) electrons. The summed E-state index contributed by atoms with van der Waals surface area (Å²) in [7, 11) is 4.70. The lowest BCUT2D eigenvalue weighted by Gasteiger charge is -2.27. The number of Topliss-reactive ketones (excluding diaryl/α,β-unsaturated/α-hetero) is 1. The van der Waals surface area contributed by atoms with Gasteiger partial charge in [-0.05, 0) is 17.7 Å². The molecule has 1 aliphatic heterocycles. The molecule has 23 heavy (non-hydrogen) atoms. The predicted molar refractivity (Wildman–Crippen MR) is 84.9 cm³/mol. The summed E-state index contributed by atoms with van der Waals surface area (Å²) in [6.07, 6.45) is -0.0696. The van der Waals surface area contributed by atoms with Crippen LogP contribution in [0.4, 0.5) is 0 Å². The molecule has 0 aliphatic carbocycles. The van der Waals surface area contributed by atoms with Crippen LogP contribution in [-0.2, 0) is 0 Å². The Hall–Kier alpha value is -2.69. The van der Waals surface area contributed by atoms with Crippen LogP contribution in [0.2, 0.25) is 0 Å². The highest BCUT2D eigenvalue weighted by molar-refractivity contribution is 6.02. The van der Waals surface area contributed by atoms with Gasteiger partial charge in [0.25, 0.3) is 0 Å². The molecule has 5 nitrogen and oxygen atoms in total. The highest BCUT2D eigenvalue weighted by atomic mass is 16.5. The van der Waals surface area contributed by atoms with Crippen molar-refractivity contribution in [1.82, 2.24) is 0 Å². The van der Waals surface area contributed by atoms with Gasteiger partial charge in [0.05, 0.1) is 27.8 Å². The number of fused-ring (bicyclic) bond motifs is 1. The highest BCUT2D eigenvalue weighted by Gasteiger charge is 2.31. The van der Waals surface area contributed by atoms with Gasteiger partial charge in [0.1, 0.15) is 34.7 Å². The molecule has 0 spiro atoms.